The lowest BCUT2D eigenvalue weighted by molar-refractivity contribution is -0.159. The molecule has 154 valence electrons. The van der Waals surface area contributed by atoms with Crippen LogP contribution in [0.3, 0.4) is 0 Å². The van der Waals surface area contributed by atoms with Crippen molar-refractivity contribution < 1.29 is 14.3 Å². The summed E-state index contributed by atoms with van der Waals surface area (Å²) in [5, 5.41) is 0.564. The predicted octanol–water partition coefficient (Wildman–Crippen LogP) is 1.49. The first-order valence-corrected chi connectivity index (χ1v) is 9.22. The number of nitrogens with zero attached hydrogens (tertiary/aromatic N) is 4. The van der Waals surface area contributed by atoms with E-state index in [1.54, 1.807) is 49.7 Å². The zero-order valence-corrected chi connectivity index (χ0v) is 17.3. The Morgan fingerprint density at radius 1 is 1.14 bits per heavy atom. The van der Waals surface area contributed by atoms with Crippen LogP contribution in [0.1, 0.15) is 13.8 Å². The van der Waals surface area contributed by atoms with Crippen molar-refractivity contribution in [3.8, 4) is 5.75 Å². The standard InChI is InChI=1S/C19H21ClN4O5/c1-19(2,29-13-7-5-12(20)6-8-13)17(26)28-10-9-24-11-21-14-15(24)22(3)18(27)23(4)16(14)25/h5-8,11H,9-10H2,1-4H3. The first-order chi connectivity index (χ1) is 13.6. The molecule has 0 radical (unpaired) electrons. The number of carbonyl (C=O) groups excluding carboxylic acids is 1. The number of esters is 1. The third-order valence-corrected chi connectivity index (χ3v) is 4.70. The topological polar surface area (TPSA) is 97.3 Å². The first-order valence-electron chi connectivity index (χ1n) is 8.84. The molecule has 3 rings (SSSR count). The van der Waals surface area contributed by atoms with Crippen LogP contribution < -0.4 is 16.0 Å². The molecule has 0 fully saturated rings. The number of rotatable bonds is 6. The van der Waals surface area contributed by atoms with Gasteiger partial charge in [-0.2, -0.15) is 0 Å². The van der Waals surface area contributed by atoms with Crippen LogP contribution in [0.25, 0.3) is 11.2 Å². The van der Waals surface area contributed by atoms with Crippen LogP contribution in [0.15, 0.2) is 40.2 Å². The van der Waals surface area contributed by atoms with Gasteiger partial charge in [-0.15, -0.1) is 0 Å². The first kappa shape index (κ1) is 20.7. The van der Waals surface area contributed by atoms with Crippen molar-refractivity contribution in [3.63, 3.8) is 0 Å². The van der Waals surface area contributed by atoms with E-state index in [4.69, 9.17) is 21.1 Å². The van der Waals surface area contributed by atoms with Gasteiger partial charge in [0.25, 0.3) is 5.56 Å². The minimum atomic E-state index is -1.21. The Morgan fingerprint density at radius 2 is 1.79 bits per heavy atom. The van der Waals surface area contributed by atoms with Crippen molar-refractivity contribution in [1.82, 2.24) is 18.7 Å². The summed E-state index contributed by atoms with van der Waals surface area (Å²) in [7, 11) is 2.95. The quantitative estimate of drug-likeness (QED) is 0.560. The predicted molar refractivity (Wildman–Crippen MR) is 107 cm³/mol. The molecule has 2 aromatic heterocycles. The van der Waals surface area contributed by atoms with Gasteiger partial charge >= 0.3 is 11.7 Å². The highest BCUT2D eigenvalue weighted by Crippen LogP contribution is 2.21. The van der Waals surface area contributed by atoms with E-state index in [9.17, 15) is 14.4 Å². The lowest BCUT2D eigenvalue weighted by atomic mass is 10.1. The Hall–Kier alpha value is -3.07. The van der Waals surface area contributed by atoms with Gasteiger partial charge in [-0.3, -0.25) is 13.9 Å². The number of ether oxygens (including phenoxy) is 2. The Bertz CT molecular complexity index is 1170. The van der Waals surface area contributed by atoms with Gasteiger partial charge in [0.2, 0.25) is 0 Å². The molecule has 0 saturated carbocycles. The fourth-order valence-corrected chi connectivity index (χ4v) is 2.98. The molecule has 29 heavy (non-hydrogen) atoms. The summed E-state index contributed by atoms with van der Waals surface area (Å²) in [6.45, 7) is 3.44. The second kappa shape index (κ2) is 7.75. The normalized spacial score (nSPS) is 11.6. The monoisotopic (exact) mass is 420 g/mol. The number of carbonyl (C=O) groups is 1. The molecule has 0 atom stereocenters. The molecule has 10 heteroatoms. The summed E-state index contributed by atoms with van der Waals surface area (Å²) in [6, 6.07) is 6.65. The van der Waals surface area contributed by atoms with E-state index in [0.29, 0.717) is 16.4 Å². The maximum Gasteiger partial charge on any atom is 0.349 e. The second-order valence-corrected chi connectivity index (χ2v) is 7.45. The van der Waals surface area contributed by atoms with Crippen LogP contribution in [0.5, 0.6) is 5.75 Å². The van der Waals surface area contributed by atoms with Gasteiger partial charge in [0.15, 0.2) is 11.1 Å². The number of benzene rings is 1. The highest BCUT2D eigenvalue weighted by Gasteiger charge is 2.32. The maximum absolute atomic E-state index is 12.4. The van der Waals surface area contributed by atoms with Crippen LogP contribution in [-0.2, 0) is 30.2 Å². The van der Waals surface area contributed by atoms with Crippen molar-refractivity contribution >= 4 is 28.7 Å². The summed E-state index contributed by atoms with van der Waals surface area (Å²) in [6.07, 6.45) is 1.44. The largest absolute Gasteiger partial charge is 0.476 e. The van der Waals surface area contributed by atoms with E-state index >= 15 is 0 Å². The number of aromatic nitrogens is 4. The average molecular weight is 421 g/mol. The van der Waals surface area contributed by atoms with Crippen molar-refractivity contribution in [3.05, 3.63) is 56.5 Å². The highest BCUT2D eigenvalue weighted by molar-refractivity contribution is 6.30. The van der Waals surface area contributed by atoms with Crippen molar-refractivity contribution in [1.29, 1.82) is 0 Å². The van der Waals surface area contributed by atoms with E-state index in [2.05, 4.69) is 4.98 Å². The minimum Gasteiger partial charge on any atom is -0.476 e. The molecule has 0 amide bonds. The molecule has 0 aliphatic heterocycles. The molecular weight excluding hydrogens is 400 g/mol. The molecular formula is C19H21ClN4O5. The van der Waals surface area contributed by atoms with Gasteiger partial charge in [-0.05, 0) is 38.1 Å². The molecule has 0 N–H and O–H groups in total. The van der Waals surface area contributed by atoms with E-state index in [1.165, 1.54) is 17.9 Å². The van der Waals surface area contributed by atoms with Gasteiger partial charge in [0.05, 0.1) is 12.9 Å². The van der Waals surface area contributed by atoms with Crippen molar-refractivity contribution in [2.75, 3.05) is 6.61 Å². The van der Waals surface area contributed by atoms with Crippen LogP contribution in [0.4, 0.5) is 0 Å². The molecule has 2 heterocycles. The van der Waals surface area contributed by atoms with Gasteiger partial charge < -0.3 is 14.0 Å². The van der Waals surface area contributed by atoms with Crippen LogP contribution in [-0.4, -0.2) is 36.9 Å². The third kappa shape index (κ3) is 4.04. The Labute approximate surface area is 171 Å². The Kier molecular flexibility index (Phi) is 5.52. The van der Waals surface area contributed by atoms with E-state index in [0.717, 1.165) is 4.57 Å². The molecule has 1 aromatic carbocycles. The van der Waals surface area contributed by atoms with Crippen LogP contribution in [0.2, 0.25) is 5.02 Å². The molecule has 3 aromatic rings. The number of halogens is 1. The summed E-state index contributed by atoms with van der Waals surface area (Å²) in [5.41, 5.74) is -1.61. The van der Waals surface area contributed by atoms with Crippen LogP contribution in [0, 0.1) is 0 Å². The number of fused-ring (bicyclic) bond motifs is 1. The van der Waals surface area contributed by atoms with Gasteiger partial charge in [-0.25, -0.2) is 14.6 Å². The van der Waals surface area contributed by atoms with E-state index in [-0.39, 0.29) is 18.7 Å². The van der Waals surface area contributed by atoms with Crippen LogP contribution >= 0.6 is 11.6 Å². The summed E-state index contributed by atoms with van der Waals surface area (Å²) < 4.78 is 15.0. The average Bonchev–Trinajstić information content (AvgIpc) is 3.10. The van der Waals surface area contributed by atoms with Crippen molar-refractivity contribution in [2.45, 2.75) is 26.0 Å². The summed E-state index contributed by atoms with van der Waals surface area (Å²) >= 11 is 5.85. The molecule has 0 bridgehead atoms. The number of imidazole rings is 1. The lowest BCUT2D eigenvalue weighted by Crippen LogP contribution is -2.40. The lowest BCUT2D eigenvalue weighted by Gasteiger charge is -2.24. The molecule has 0 unspecified atom stereocenters. The van der Waals surface area contributed by atoms with Crippen molar-refractivity contribution in [2.24, 2.45) is 14.1 Å². The summed E-state index contributed by atoms with van der Waals surface area (Å²) in [5.74, 6) is -0.0653. The zero-order chi connectivity index (χ0) is 21.3. The van der Waals surface area contributed by atoms with E-state index < -0.39 is 22.8 Å². The molecule has 0 spiro atoms. The third-order valence-electron chi connectivity index (χ3n) is 4.45. The molecule has 9 nitrogen and oxygen atoms in total. The molecule has 0 aliphatic rings. The fourth-order valence-electron chi connectivity index (χ4n) is 2.85. The highest BCUT2D eigenvalue weighted by atomic mass is 35.5. The summed E-state index contributed by atoms with van der Waals surface area (Å²) in [4.78, 5) is 40.8. The SMILES string of the molecule is Cn1c(=O)c2ncn(CCOC(=O)C(C)(C)Oc3ccc(Cl)cc3)c2n(C)c1=O. The minimum absolute atomic E-state index is 0.0150. The van der Waals surface area contributed by atoms with Gasteiger partial charge in [0.1, 0.15) is 18.0 Å². The number of hydrogen-bond donors (Lipinski definition) is 0. The number of hydrogen-bond acceptors (Lipinski definition) is 6. The molecule has 0 saturated heterocycles. The number of aryl methyl sites for hydroxylation is 1. The smallest absolute Gasteiger partial charge is 0.349 e. The van der Waals surface area contributed by atoms with E-state index in [1.807, 2.05) is 0 Å². The Morgan fingerprint density at radius 3 is 2.45 bits per heavy atom. The Balaban J connectivity index is 1.69. The molecule has 0 aliphatic carbocycles. The van der Waals surface area contributed by atoms with Gasteiger partial charge in [-0.1, -0.05) is 11.6 Å². The van der Waals surface area contributed by atoms with Gasteiger partial charge in [0, 0.05) is 19.1 Å². The maximum atomic E-state index is 12.4. The fraction of sp³-hybridized carbons (Fsp3) is 0.368. The zero-order valence-electron chi connectivity index (χ0n) is 16.5. The second-order valence-electron chi connectivity index (χ2n) is 7.02.